The Hall–Kier alpha value is -2.42. The van der Waals surface area contributed by atoms with Crippen molar-refractivity contribution in [3.05, 3.63) is 46.8 Å². The smallest absolute Gasteiger partial charge is 0.261 e. The molecule has 0 spiro atoms. The third-order valence-electron chi connectivity index (χ3n) is 3.70. The number of hydrogen-bond acceptors (Lipinski definition) is 7. The highest BCUT2D eigenvalue weighted by Gasteiger charge is 2.34. The minimum absolute atomic E-state index is 0.0794. The fourth-order valence-corrected chi connectivity index (χ4v) is 2.44. The summed E-state index contributed by atoms with van der Waals surface area (Å²) in [5, 5.41) is 19.4. The van der Waals surface area contributed by atoms with Crippen LogP contribution in [0.2, 0.25) is 0 Å². The molecular formula is C15H20N4O4. The normalized spacial score (nSPS) is 14.8. The van der Waals surface area contributed by atoms with Crippen molar-refractivity contribution < 1.29 is 19.8 Å². The number of fused-ring (bicyclic) bond motifs is 1. The van der Waals surface area contributed by atoms with E-state index in [1.807, 2.05) is 0 Å². The Bertz CT molecular complexity index is 609. The average Bonchev–Trinajstić information content (AvgIpc) is 2.80. The lowest BCUT2D eigenvalue weighted by Crippen LogP contribution is -2.38. The predicted octanol–water partition coefficient (Wildman–Crippen LogP) is -0.997. The molecule has 0 saturated heterocycles. The van der Waals surface area contributed by atoms with Crippen LogP contribution in [0.4, 0.5) is 0 Å². The molecule has 0 saturated carbocycles. The van der Waals surface area contributed by atoms with E-state index in [0.29, 0.717) is 17.5 Å². The monoisotopic (exact) mass is 320 g/mol. The van der Waals surface area contributed by atoms with Crippen LogP contribution >= 0.6 is 0 Å². The van der Waals surface area contributed by atoms with E-state index in [4.69, 9.17) is 16.7 Å². The van der Waals surface area contributed by atoms with E-state index < -0.39 is 13.2 Å². The van der Waals surface area contributed by atoms with Gasteiger partial charge in [0.05, 0.1) is 35.7 Å². The highest BCUT2D eigenvalue weighted by atomic mass is 16.3. The highest BCUT2D eigenvalue weighted by Crippen LogP contribution is 2.22. The molecule has 2 amide bonds. The van der Waals surface area contributed by atoms with Crippen molar-refractivity contribution >= 4 is 11.8 Å². The van der Waals surface area contributed by atoms with Crippen molar-refractivity contribution in [2.75, 3.05) is 26.3 Å². The Labute approximate surface area is 133 Å². The van der Waals surface area contributed by atoms with Crippen molar-refractivity contribution in [3.8, 4) is 0 Å². The maximum Gasteiger partial charge on any atom is 0.261 e. The number of hydrazine groups is 1. The lowest BCUT2D eigenvalue weighted by molar-refractivity contribution is 0.0648. The van der Waals surface area contributed by atoms with Gasteiger partial charge < -0.3 is 21.0 Å². The minimum atomic E-state index is -0.415. The number of nitrogens with zero attached hydrogens (tertiary/aromatic N) is 2. The fraction of sp³-hybridized carbons (Fsp3) is 0.333. The topological polar surface area (TPSA) is 133 Å². The van der Waals surface area contributed by atoms with Gasteiger partial charge >= 0.3 is 0 Å². The quantitative estimate of drug-likeness (QED) is 0.288. The first kappa shape index (κ1) is 16.9. The highest BCUT2D eigenvalue weighted by molar-refractivity contribution is 6.21. The molecule has 0 bridgehead atoms. The first-order chi connectivity index (χ1) is 11.0. The van der Waals surface area contributed by atoms with Crippen molar-refractivity contribution in [1.29, 1.82) is 0 Å². The van der Waals surface area contributed by atoms with Crippen LogP contribution in [-0.4, -0.2) is 58.2 Å². The summed E-state index contributed by atoms with van der Waals surface area (Å²) in [7, 11) is 0. The second kappa shape index (κ2) is 7.23. The Balaban J connectivity index is 1.96. The molecule has 8 nitrogen and oxygen atoms in total. The summed E-state index contributed by atoms with van der Waals surface area (Å²) in [5.74, 6) is 5.14. The number of aliphatic hydroxyl groups is 2. The van der Waals surface area contributed by atoms with E-state index in [2.05, 4.69) is 0 Å². The maximum absolute atomic E-state index is 12.2. The van der Waals surface area contributed by atoms with Crippen LogP contribution in [0.25, 0.3) is 0 Å². The number of imide groups is 1. The summed E-state index contributed by atoms with van der Waals surface area (Å²) in [5.41, 5.74) is 6.66. The van der Waals surface area contributed by atoms with Crippen LogP contribution < -0.4 is 11.6 Å². The van der Waals surface area contributed by atoms with Gasteiger partial charge in [-0.15, -0.1) is 0 Å². The molecule has 0 fully saturated rings. The lowest BCUT2D eigenvalue weighted by Gasteiger charge is -2.23. The third kappa shape index (κ3) is 3.34. The Kier molecular flexibility index (Phi) is 5.32. The van der Waals surface area contributed by atoms with Gasteiger partial charge in [0.25, 0.3) is 11.8 Å². The second-order valence-electron chi connectivity index (χ2n) is 5.14. The third-order valence-corrected chi connectivity index (χ3v) is 3.70. The van der Waals surface area contributed by atoms with E-state index in [1.165, 1.54) is 9.91 Å². The number of carbonyl (C=O) groups excluding carboxylic acids is 2. The first-order valence-electron chi connectivity index (χ1n) is 7.18. The van der Waals surface area contributed by atoms with E-state index in [1.54, 1.807) is 24.3 Å². The predicted molar refractivity (Wildman–Crippen MR) is 82.7 cm³/mol. The van der Waals surface area contributed by atoms with Gasteiger partial charge in [-0.2, -0.15) is 0 Å². The molecule has 1 aromatic carbocycles. The van der Waals surface area contributed by atoms with Gasteiger partial charge in [-0.25, -0.2) is 5.84 Å². The Morgan fingerprint density at radius 3 is 2.13 bits per heavy atom. The summed E-state index contributed by atoms with van der Waals surface area (Å²) in [6.45, 7) is -0.348. The van der Waals surface area contributed by atoms with Crippen LogP contribution in [0, 0.1) is 0 Å². The van der Waals surface area contributed by atoms with Crippen LogP contribution in [0.15, 0.2) is 35.7 Å². The van der Waals surface area contributed by atoms with E-state index >= 15 is 0 Å². The fourth-order valence-electron chi connectivity index (χ4n) is 2.44. The number of hydrogen-bond donors (Lipinski definition) is 4. The summed E-state index contributed by atoms with van der Waals surface area (Å²) >= 11 is 0. The molecule has 0 unspecified atom stereocenters. The minimum Gasteiger partial charge on any atom is -0.399 e. The second-order valence-corrected chi connectivity index (χ2v) is 5.14. The summed E-state index contributed by atoms with van der Waals surface area (Å²) < 4.78 is 0. The molecule has 124 valence electrons. The van der Waals surface area contributed by atoms with Gasteiger partial charge in [-0.3, -0.25) is 14.5 Å². The molecule has 0 radical (unpaired) electrons. The molecule has 8 heteroatoms. The van der Waals surface area contributed by atoms with Gasteiger partial charge in [-0.05, 0) is 18.6 Å². The van der Waals surface area contributed by atoms with Crippen LogP contribution in [0.1, 0.15) is 27.1 Å². The molecule has 1 heterocycles. The molecule has 6 N–H and O–H groups in total. The van der Waals surface area contributed by atoms with Gasteiger partial charge in [-0.1, -0.05) is 12.1 Å². The summed E-state index contributed by atoms with van der Waals surface area (Å²) in [6, 6.07) is 6.68. The molecule has 23 heavy (non-hydrogen) atoms. The summed E-state index contributed by atoms with van der Waals surface area (Å²) in [6.07, 6.45) is 0.407. The zero-order chi connectivity index (χ0) is 17.0. The number of nitrogens with two attached hydrogens (primary N) is 2. The van der Waals surface area contributed by atoms with E-state index in [-0.39, 0.29) is 36.3 Å². The standard InChI is InChI=1S/C15H20N4O4/c16-12(8-20)13(9-21)19(17)7-3-6-18-14(22)10-4-1-2-5-11(10)15(18)23/h1-2,4-5,20-21H,3,6-9,16-17H2/b13-12-. The van der Waals surface area contributed by atoms with Crippen molar-refractivity contribution in [3.63, 3.8) is 0 Å². The number of carbonyl (C=O) groups is 2. The van der Waals surface area contributed by atoms with Gasteiger partial charge in [0.1, 0.15) is 0 Å². The van der Waals surface area contributed by atoms with Gasteiger partial charge in [0.2, 0.25) is 0 Å². The number of amides is 2. The lowest BCUT2D eigenvalue weighted by atomic mass is 10.1. The molecule has 0 aliphatic carbocycles. The van der Waals surface area contributed by atoms with Crippen LogP contribution in [0.3, 0.4) is 0 Å². The molecule has 2 rings (SSSR count). The number of aliphatic hydroxyl groups excluding tert-OH is 2. The maximum atomic E-state index is 12.2. The van der Waals surface area contributed by atoms with Crippen molar-refractivity contribution in [2.24, 2.45) is 11.6 Å². The Morgan fingerprint density at radius 1 is 1.09 bits per heavy atom. The molecule has 1 aromatic rings. The van der Waals surface area contributed by atoms with Crippen LogP contribution in [0.5, 0.6) is 0 Å². The van der Waals surface area contributed by atoms with Gasteiger partial charge in [0.15, 0.2) is 0 Å². The zero-order valence-electron chi connectivity index (χ0n) is 12.6. The number of rotatable bonds is 7. The molecular weight excluding hydrogens is 300 g/mol. The number of benzene rings is 1. The van der Waals surface area contributed by atoms with E-state index in [9.17, 15) is 14.7 Å². The SMILES string of the molecule is N/C(CO)=C(/CO)N(N)CCCN1C(=O)c2ccccc2C1=O. The average molecular weight is 320 g/mol. The molecule has 1 aliphatic rings. The molecule has 0 aromatic heterocycles. The van der Waals surface area contributed by atoms with Crippen LogP contribution in [-0.2, 0) is 0 Å². The zero-order valence-corrected chi connectivity index (χ0v) is 12.6. The molecule has 1 aliphatic heterocycles. The van der Waals surface area contributed by atoms with Gasteiger partial charge in [0, 0.05) is 13.1 Å². The first-order valence-corrected chi connectivity index (χ1v) is 7.18. The van der Waals surface area contributed by atoms with Crippen molar-refractivity contribution in [2.45, 2.75) is 6.42 Å². The molecule has 0 atom stereocenters. The van der Waals surface area contributed by atoms with Crippen molar-refractivity contribution in [1.82, 2.24) is 9.91 Å². The Morgan fingerprint density at radius 2 is 1.65 bits per heavy atom. The summed E-state index contributed by atoms with van der Waals surface area (Å²) in [4.78, 5) is 25.5. The van der Waals surface area contributed by atoms with E-state index in [0.717, 1.165) is 0 Å². The largest absolute Gasteiger partial charge is 0.399 e.